The first-order valence-corrected chi connectivity index (χ1v) is 14.7. The molecule has 2 aromatic rings. The van der Waals surface area contributed by atoms with Gasteiger partial charge >= 0.3 is 5.97 Å². The number of carbonyl (C=O) groups excluding carboxylic acids is 1. The summed E-state index contributed by atoms with van der Waals surface area (Å²) in [6, 6.07) is 6.08. The Hall–Kier alpha value is -3.01. The van der Waals surface area contributed by atoms with Crippen LogP contribution in [0.15, 0.2) is 24.3 Å². The van der Waals surface area contributed by atoms with Gasteiger partial charge in [0.1, 0.15) is 11.3 Å². The number of rotatable bonds is 13. The van der Waals surface area contributed by atoms with Gasteiger partial charge in [0.2, 0.25) is 11.6 Å². The lowest BCUT2D eigenvalue weighted by Crippen LogP contribution is -2.25. The van der Waals surface area contributed by atoms with Gasteiger partial charge in [0.05, 0.1) is 12.5 Å². The molecule has 0 saturated heterocycles. The summed E-state index contributed by atoms with van der Waals surface area (Å²) in [4.78, 5) is 12.6. The van der Waals surface area contributed by atoms with Crippen LogP contribution in [0.5, 0.6) is 11.5 Å². The molecule has 0 radical (unpaired) electrons. The van der Waals surface area contributed by atoms with Gasteiger partial charge in [-0.05, 0) is 62.3 Å². The van der Waals surface area contributed by atoms with Crippen LogP contribution in [-0.4, -0.2) is 12.6 Å². The minimum Gasteiger partial charge on any atom is -0.487 e. The Bertz CT molecular complexity index is 1130. The molecule has 0 spiro atoms. The van der Waals surface area contributed by atoms with Crippen LogP contribution >= 0.6 is 0 Å². The topological polar surface area (TPSA) is 35.5 Å². The van der Waals surface area contributed by atoms with Crippen LogP contribution in [0, 0.1) is 46.9 Å². The van der Waals surface area contributed by atoms with Crippen LogP contribution in [-0.2, 0) is 4.79 Å². The van der Waals surface area contributed by atoms with E-state index in [-0.39, 0.29) is 18.5 Å². The van der Waals surface area contributed by atoms with Crippen LogP contribution in [0.3, 0.4) is 0 Å². The van der Waals surface area contributed by atoms with Crippen LogP contribution in [0.2, 0.25) is 0 Å². The maximum Gasteiger partial charge on any atom is 0.314 e. The zero-order chi connectivity index (χ0) is 28.9. The zero-order valence-electron chi connectivity index (χ0n) is 23.6. The Morgan fingerprint density at radius 1 is 0.775 bits per heavy atom. The summed E-state index contributed by atoms with van der Waals surface area (Å²) in [7, 11) is 0. The minimum atomic E-state index is -1.60. The predicted molar refractivity (Wildman–Crippen MR) is 148 cm³/mol. The van der Waals surface area contributed by atoms with Crippen molar-refractivity contribution in [1.82, 2.24) is 0 Å². The molecule has 0 aliphatic heterocycles. The van der Waals surface area contributed by atoms with Gasteiger partial charge in [0.25, 0.3) is 0 Å². The molecule has 218 valence electrons. The molecule has 7 heteroatoms. The molecule has 3 rings (SSSR count). The molecule has 0 aromatic heterocycles. The molecule has 1 aliphatic rings. The minimum absolute atomic E-state index is 0.0407. The molecule has 0 bridgehead atoms. The third kappa shape index (κ3) is 9.01. The Balaban J connectivity index is 1.57. The van der Waals surface area contributed by atoms with Crippen molar-refractivity contribution in [3.8, 4) is 23.3 Å². The summed E-state index contributed by atoms with van der Waals surface area (Å²) in [5.41, 5.74) is -0.675. The molecule has 0 N–H and O–H groups in total. The fourth-order valence-corrected chi connectivity index (χ4v) is 5.02. The predicted octanol–water partition coefficient (Wildman–Crippen LogP) is 9.28. The molecule has 2 aromatic carbocycles. The van der Waals surface area contributed by atoms with E-state index in [1.807, 2.05) is 0 Å². The van der Waals surface area contributed by atoms with Gasteiger partial charge in [-0.3, -0.25) is 4.79 Å². The van der Waals surface area contributed by atoms with Gasteiger partial charge in [-0.2, -0.15) is 8.78 Å². The SMILES string of the molecule is CCCCCCCCOc1c(F)c(F)c(C#Cc2ccc(OC(=O)C3CCC(CCCC)CC3)cc2)c(F)c1F. The van der Waals surface area contributed by atoms with E-state index in [1.54, 1.807) is 0 Å². The van der Waals surface area contributed by atoms with Crippen LogP contribution in [0.25, 0.3) is 0 Å². The van der Waals surface area contributed by atoms with Crippen LogP contribution < -0.4 is 9.47 Å². The second kappa shape index (κ2) is 16.3. The maximum absolute atomic E-state index is 14.6. The molecule has 0 heterocycles. The monoisotopic (exact) mass is 560 g/mol. The Morgan fingerprint density at radius 2 is 1.38 bits per heavy atom. The number of unbranched alkanes of at least 4 members (excludes halogenated alkanes) is 6. The van der Waals surface area contributed by atoms with E-state index in [0.717, 1.165) is 57.8 Å². The number of hydrogen-bond acceptors (Lipinski definition) is 3. The maximum atomic E-state index is 14.6. The normalized spacial score (nSPS) is 16.8. The molecular weight excluding hydrogens is 520 g/mol. The fourth-order valence-electron chi connectivity index (χ4n) is 5.02. The van der Waals surface area contributed by atoms with Crippen molar-refractivity contribution in [2.24, 2.45) is 11.8 Å². The van der Waals surface area contributed by atoms with Crippen molar-refractivity contribution >= 4 is 5.97 Å². The molecule has 1 fully saturated rings. The Morgan fingerprint density at radius 3 is 2.00 bits per heavy atom. The first kappa shape index (κ1) is 31.5. The molecule has 0 atom stereocenters. The van der Waals surface area contributed by atoms with E-state index >= 15 is 0 Å². The van der Waals surface area contributed by atoms with E-state index < -0.39 is 34.6 Å². The van der Waals surface area contributed by atoms with Gasteiger partial charge in [0.15, 0.2) is 17.4 Å². The second-order valence-corrected chi connectivity index (χ2v) is 10.6. The lowest BCUT2D eigenvalue weighted by Gasteiger charge is -2.27. The van der Waals surface area contributed by atoms with E-state index in [2.05, 4.69) is 25.7 Å². The summed E-state index contributed by atoms with van der Waals surface area (Å²) >= 11 is 0. The van der Waals surface area contributed by atoms with Crippen LogP contribution in [0.4, 0.5) is 17.6 Å². The Labute approximate surface area is 235 Å². The number of hydrogen-bond donors (Lipinski definition) is 0. The van der Waals surface area contributed by atoms with E-state index in [1.165, 1.54) is 43.5 Å². The highest BCUT2D eigenvalue weighted by atomic mass is 19.2. The number of carbonyl (C=O) groups is 1. The quantitative estimate of drug-likeness (QED) is 0.0612. The standard InChI is InChI=1S/C33H40F4O3/c1-3-5-7-8-9-10-22-39-32-30(36)28(34)27(29(35)31(32)37)21-16-24-14-19-26(20-15-24)40-33(38)25-17-12-23(13-18-25)11-6-4-2/h14-15,19-20,23,25H,3-13,17-18,22H2,1-2H3. The summed E-state index contributed by atoms with van der Waals surface area (Å²) < 4.78 is 68.7. The molecule has 1 aliphatic carbocycles. The smallest absolute Gasteiger partial charge is 0.314 e. The summed E-state index contributed by atoms with van der Waals surface area (Å²) in [6.45, 7) is 4.24. The number of halogens is 4. The molecule has 3 nitrogen and oxygen atoms in total. The second-order valence-electron chi connectivity index (χ2n) is 10.6. The van der Waals surface area contributed by atoms with Gasteiger partial charge in [0, 0.05) is 5.56 Å². The van der Waals surface area contributed by atoms with Crippen molar-refractivity contribution < 1.29 is 31.8 Å². The van der Waals surface area contributed by atoms with E-state index in [9.17, 15) is 22.4 Å². The Kier molecular flexibility index (Phi) is 12.8. The first-order chi connectivity index (χ1) is 19.3. The van der Waals surface area contributed by atoms with E-state index in [4.69, 9.17) is 9.47 Å². The third-order valence-corrected chi connectivity index (χ3v) is 7.52. The molecule has 0 unspecified atom stereocenters. The molecule has 0 amide bonds. The van der Waals surface area contributed by atoms with Crippen LogP contribution in [0.1, 0.15) is 108 Å². The van der Waals surface area contributed by atoms with Crippen molar-refractivity contribution in [2.45, 2.75) is 97.3 Å². The average molecular weight is 561 g/mol. The largest absolute Gasteiger partial charge is 0.487 e. The number of benzene rings is 2. The highest BCUT2D eigenvalue weighted by molar-refractivity contribution is 5.75. The van der Waals surface area contributed by atoms with Gasteiger partial charge in [-0.1, -0.05) is 77.1 Å². The summed E-state index contributed by atoms with van der Waals surface area (Å²) in [5, 5.41) is 0. The summed E-state index contributed by atoms with van der Waals surface area (Å²) in [6.07, 6.45) is 12.9. The van der Waals surface area contributed by atoms with Crippen molar-refractivity contribution in [3.63, 3.8) is 0 Å². The van der Waals surface area contributed by atoms with Crippen molar-refractivity contribution in [3.05, 3.63) is 58.7 Å². The highest BCUT2D eigenvalue weighted by Gasteiger charge is 2.28. The molecular formula is C33H40F4O3. The lowest BCUT2D eigenvalue weighted by atomic mass is 9.80. The van der Waals surface area contributed by atoms with Gasteiger partial charge < -0.3 is 9.47 Å². The number of esters is 1. The highest BCUT2D eigenvalue weighted by Crippen LogP contribution is 2.33. The van der Waals surface area contributed by atoms with Gasteiger partial charge in [-0.25, -0.2) is 8.78 Å². The van der Waals surface area contributed by atoms with E-state index in [0.29, 0.717) is 23.7 Å². The molecule has 40 heavy (non-hydrogen) atoms. The van der Waals surface area contributed by atoms with Crippen molar-refractivity contribution in [1.29, 1.82) is 0 Å². The third-order valence-electron chi connectivity index (χ3n) is 7.52. The average Bonchev–Trinajstić information content (AvgIpc) is 2.97. The summed E-state index contributed by atoms with van der Waals surface area (Å²) in [5.74, 6) is -2.11. The lowest BCUT2D eigenvalue weighted by molar-refractivity contribution is -0.140. The first-order valence-electron chi connectivity index (χ1n) is 14.7. The number of ether oxygens (including phenoxy) is 2. The fraction of sp³-hybridized carbons (Fsp3) is 0.545. The molecule has 1 saturated carbocycles. The zero-order valence-corrected chi connectivity index (χ0v) is 23.6. The van der Waals surface area contributed by atoms with Crippen molar-refractivity contribution in [2.75, 3.05) is 6.61 Å². The van der Waals surface area contributed by atoms with Gasteiger partial charge in [-0.15, -0.1) is 0 Å².